The fraction of sp³-hybridized carbons (Fsp3) is 0.567. The van der Waals surface area contributed by atoms with Crippen LogP contribution in [-0.4, -0.2) is 82.7 Å². The fourth-order valence-corrected chi connectivity index (χ4v) is 6.79. The lowest BCUT2D eigenvalue weighted by Gasteiger charge is -2.39. The van der Waals surface area contributed by atoms with Crippen molar-refractivity contribution < 1.29 is 24.2 Å². The molecular formula is C30H41N3O5. The Morgan fingerprint density at radius 1 is 1.21 bits per heavy atom. The summed E-state index contributed by atoms with van der Waals surface area (Å²) >= 11 is 0. The van der Waals surface area contributed by atoms with E-state index in [0.29, 0.717) is 32.4 Å². The van der Waals surface area contributed by atoms with Gasteiger partial charge in [-0.3, -0.25) is 14.4 Å². The molecule has 3 unspecified atom stereocenters. The second-order valence-corrected chi connectivity index (χ2v) is 10.7. The normalized spacial score (nSPS) is 28.2. The number of fused-ring (bicyclic) bond motifs is 1. The van der Waals surface area contributed by atoms with E-state index in [1.165, 1.54) is 0 Å². The number of ether oxygens (including phenoxy) is 1. The number of hydrogen-bond acceptors (Lipinski definition) is 5. The van der Waals surface area contributed by atoms with Gasteiger partial charge in [-0.2, -0.15) is 0 Å². The summed E-state index contributed by atoms with van der Waals surface area (Å²) in [4.78, 5) is 47.5. The van der Waals surface area contributed by atoms with Gasteiger partial charge < -0.3 is 24.5 Å². The Labute approximate surface area is 225 Å². The molecule has 3 aliphatic heterocycles. The van der Waals surface area contributed by atoms with E-state index in [-0.39, 0.29) is 36.9 Å². The Kier molecular flexibility index (Phi) is 8.73. The van der Waals surface area contributed by atoms with E-state index in [1.54, 1.807) is 26.9 Å². The third kappa shape index (κ3) is 4.69. The van der Waals surface area contributed by atoms with Crippen molar-refractivity contribution in [1.29, 1.82) is 0 Å². The van der Waals surface area contributed by atoms with E-state index >= 15 is 0 Å². The highest BCUT2D eigenvalue weighted by Crippen LogP contribution is 2.59. The van der Waals surface area contributed by atoms with Gasteiger partial charge in [-0.15, -0.1) is 13.2 Å². The third-order valence-electron chi connectivity index (χ3n) is 8.37. The number of anilines is 1. The van der Waals surface area contributed by atoms with Crippen molar-refractivity contribution in [1.82, 2.24) is 9.80 Å². The van der Waals surface area contributed by atoms with Crippen LogP contribution in [0.4, 0.5) is 5.69 Å². The van der Waals surface area contributed by atoms with Crippen LogP contribution in [0.25, 0.3) is 0 Å². The van der Waals surface area contributed by atoms with Crippen molar-refractivity contribution in [2.75, 3.05) is 31.1 Å². The summed E-state index contributed by atoms with van der Waals surface area (Å²) in [6.45, 7) is 12.6. The quantitative estimate of drug-likeness (QED) is 0.401. The van der Waals surface area contributed by atoms with Gasteiger partial charge in [-0.05, 0) is 44.7 Å². The Morgan fingerprint density at radius 2 is 1.92 bits per heavy atom. The largest absolute Gasteiger partial charge is 0.396 e. The first kappa shape index (κ1) is 28.0. The van der Waals surface area contributed by atoms with Crippen molar-refractivity contribution in [3.05, 3.63) is 55.6 Å². The Hall–Kier alpha value is -2.97. The average molecular weight is 524 g/mol. The molecule has 6 atom stereocenters. The molecule has 0 radical (unpaired) electrons. The zero-order valence-corrected chi connectivity index (χ0v) is 22.6. The van der Waals surface area contributed by atoms with Crippen LogP contribution in [0.15, 0.2) is 55.6 Å². The van der Waals surface area contributed by atoms with Gasteiger partial charge in [0.15, 0.2) is 0 Å². The number of carbonyl (C=O) groups is 3. The molecule has 1 spiro atoms. The SMILES string of the molecule is C=CCN(C(=O)[C@@H]1[C@@H]2CCC3(O2)C(C(=O)N(CC=C)C(C)CCC)N(CCCO)C(=O)[C@H]13)c1ccccc1. The number of benzene rings is 1. The molecule has 3 heterocycles. The molecule has 0 aliphatic carbocycles. The predicted molar refractivity (Wildman–Crippen MR) is 146 cm³/mol. The third-order valence-corrected chi connectivity index (χ3v) is 8.37. The standard InChI is InChI=1S/C30H41N3O5/c1-5-12-21(4)31(17-6-2)29(37)26-30-16-15-23(38-30)24(25(30)28(36)33(26)19-11-20-34)27(35)32(18-7-3)22-13-9-8-10-14-22/h6-10,13-14,21,23-26,34H,2-3,5,11-12,15-20H2,1,4H3/t21?,23-,24+,25-,26?,30?/m0/s1. The first-order valence-corrected chi connectivity index (χ1v) is 13.8. The average Bonchev–Trinajstić information content (AvgIpc) is 3.56. The lowest BCUT2D eigenvalue weighted by Crippen LogP contribution is -2.58. The van der Waals surface area contributed by atoms with Gasteiger partial charge in [0.2, 0.25) is 17.7 Å². The summed E-state index contributed by atoms with van der Waals surface area (Å²) in [6, 6.07) is 8.49. The molecule has 2 bridgehead atoms. The van der Waals surface area contributed by atoms with Gasteiger partial charge in [-0.25, -0.2) is 0 Å². The lowest BCUT2D eigenvalue weighted by atomic mass is 9.70. The second-order valence-electron chi connectivity index (χ2n) is 10.7. The molecule has 3 amide bonds. The first-order valence-electron chi connectivity index (χ1n) is 13.8. The maximum Gasteiger partial charge on any atom is 0.248 e. The molecule has 8 heteroatoms. The Balaban J connectivity index is 1.73. The van der Waals surface area contributed by atoms with Crippen LogP contribution in [0.1, 0.15) is 46.0 Å². The van der Waals surface area contributed by atoms with Crippen molar-refractivity contribution in [2.45, 2.75) is 69.7 Å². The van der Waals surface area contributed by atoms with Crippen molar-refractivity contribution in [3.63, 3.8) is 0 Å². The number of carbonyl (C=O) groups excluding carboxylic acids is 3. The molecule has 8 nitrogen and oxygen atoms in total. The summed E-state index contributed by atoms with van der Waals surface area (Å²) in [5.41, 5.74) is -0.328. The van der Waals surface area contributed by atoms with E-state index in [9.17, 15) is 19.5 Å². The molecular weight excluding hydrogens is 482 g/mol. The highest BCUT2D eigenvalue weighted by molar-refractivity contribution is 6.03. The summed E-state index contributed by atoms with van der Waals surface area (Å²) in [7, 11) is 0. The second kappa shape index (κ2) is 11.8. The molecule has 3 aliphatic rings. The number of hydrogen-bond donors (Lipinski definition) is 1. The summed E-state index contributed by atoms with van der Waals surface area (Å²) in [5.74, 6) is -2.01. The van der Waals surface area contributed by atoms with Gasteiger partial charge in [0.25, 0.3) is 0 Å². The summed E-state index contributed by atoms with van der Waals surface area (Å²) in [5, 5.41) is 9.57. The number of amides is 3. The summed E-state index contributed by atoms with van der Waals surface area (Å²) < 4.78 is 6.59. The van der Waals surface area contributed by atoms with E-state index < -0.39 is 29.6 Å². The molecule has 3 fully saturated rings. The van der Waals surface area contributed by atoms with E-state index in [0.717, 1.165) is 18.5 Å². The molecule has 3 saturated heterocycles. The highest BCUT2D eigenvalue weighted by Gasteiger charge is 2.74. The number of likely N-dealkylation sites (tertiary alicyclic amines) is 1. The van der Waals surface area contributed by atoms with Crippen molar-refractivity contribution in [3.8, 4) is 0 Å². The van der Waals surface area contributed by atoms with Crippen LogP contribution in [0, 0.1) is 11.8 Å². The van der Waals surface area contributed by atoms with Crippen molar-refractivity contribution in [2.24, 2.45) is 11.8 Å². The molecule has 0 saturated carbocycles. The van der Waals surface area contributed by atoms with Gasteiger partial charge in [-0.1, -0.05) is 43.7 Å². The minimum absolute atomic E-state index is 0.0343. The maximum atomic E-state index is 14.3. The summed E-state index contributed by atoms with van der Waals surface area (Å²) in [6.07, 6.45) is 6.20. The number of aliphatic hydroxyl groups is 1. The number of aliphatic hydroxyl groups excluding tert-OH is 1. The Morgan fingerprint density at radius 3 is 2.55 bits per heavy atom. The first-order chi connectivity index (χ1) is 18.4. The minimum Gasteiger partial charge on any atom is -0.396 e. The molecule has 0 aromatic heterocycles. The van der Waals surface area contributed by atoms with Crippen molar-refractivity contribution >= 4 is 23.4 Å². The van der Waals surface area contributed by atoms with Crippen LogP contribution in [0.3, 0.4) is 0 Å². The smallest absolute Gasteiger partial charge is 0.248 e. The molecule has 1 N–H and O–H groups in total. The molecule has 1 aromatic carbocycles. The predicted octanol–water partition coefficient (Wildman–Crippen LogP) is 3.17. The maximum absolute atomic E-state index is 14.3. The highest BCUT2D eigenvalue weighted by atomic mass is 16.5. The van der Waals surface area contributed by atoms with Crippen LogP contribution in [0.2, 0.25) is 0 Å². The van der Waals surface area contributed by atoms with Crippen LogP contribution < -0.4 is 4.90 Å². The van der Waals surface area contributed by atoms with Gasteiger partial charge >= 0.3 is 0 Å². The molecule has 1 aromatic rings. The topological polar surface area (TPSA) is 90.4 Å². The number of rotatable bonds is 13. The van der Waals surface area contributed by atoms with Gasteiger partial charge in [0.05, 0.1) is 17.9 Å². The van der Waals surface area contributed by atoms with E-state index in [4.69, 9.17) is 4.74 Å². The minimum atomic E-state index is -1.06. The molecule has 38 heavy (non-hydrogen) atoms. The molecule has 4 rings (SSSR count). The van der Waals surface area contributed by atoms with Gasteiger partial charge in [0, 0.05) is 38.0 Å². The van der Waals surface area contributed by atoms with Crippen LogP contribution in [0.5, 0.6) is 0 Å². The van der Waals surface area contributed by atoms with E-state index in [1.807, 2.05) is 37.3 Å². The van der Waals surface area contributed by atoms with E-state index in [2.05, 4.69) is 20.1 Å². The zero-order chi connectivity index (χ0) is 27.4. The lowest BCUT2D eigenvalue weighted by molar-refractivity contribution is -0.149. The Bertz CT molecular complexity index is 1050. The van der Waals surface area contributed by atoms with Gasteiger partial charge in [0.1, 0.15) is 11.6 Å². The number of nitrogens with zero attached hydrogens (tertiary/aromatic N) is 3. The molecule has 206 valence electrons. The monoisotopic (exact) mass is 523 g/mol. The van der Waals surface area contributed by atoms with Crippen LogP contribution in [-0.2, 0) is 19.1 Å². The number of para-hydroxylation sites is 1. The zero-order valence-electron chi connectivity index (χ0n) is 22.6. The van der Waals surface area contributed by atoms with Crippen LogP contribution >= 0.6 is 0 Å². The fourth-order valence-electron chi connectivity index (χ4n) is 6.79.